The van der Waals surface area contributed by atoms with E-state index in [0.717, 1.165) is 94.4 Å². The highest BCUT2D eigenvalue weighted by molar-refractivity contribution is 7.13. The van der Waals surface area contributed by atoms with Gasteiger partial charge in [0.2, 0.25) is 0 Å². The Balaban J connectivity index is 0.000000192. The standard InChI is InChI=1S/C27H28FN5O2S.C13H8ClFN2S/c1-18-25(21-4-2-19(28)16-22(21)30-26(18)27-29-6-15-36-27)31-23-17-20(32-7-11-34-12-8-32)3-5-24(23)33-9-13-35-14-10-33;1-7-10(14)8-3-2-4-9(15)12(8)17-11(7)13-16-5-6-18-13/h2-6,15-17H,7-14H2,1H3,(H,30,31);2-6H,1H3. The van der Waals surface area contributed by atoms with Gasteiger partial charge in [0.1, 0.15) is 38.6 Å². The number of fused-ring (bicyclic) bond motifs is 2. The Bertz CT molecular complexity index is 2420. The topological polar surface area (TPSA) is 88.5 Å². The van der Waals surface area contributed by atoms with E-state index >= 15 is 0 Å². The van der Waals surface area contributed by atoms with E-state index < -0.39 is 0 Å². The van der Waals surface area contributed by atoms with Crippen molar-refractivity contribution in [2.75, 3.05) is 67.7 Å². The zero-order valence-corrected chi connectivity index (χ0v) is 32.0. The summed E-state index contributed by atoms with van der Waals surface area (Å²) in [4.78, 5) is 22.6. The molecule has 9 nitrogen and oxygen atoms in total. The summed E-state index contributed by atoms with van der Waals surface area (Å²) < 4.78 is 39.2. The lowest BCUT2D eigenvalue weighted by Crippen LogP contribution is -2.37. The first-order valence-corrected chi connectivity index (χ1v) is 19.7. The summed E-state index contributed by atoms with van der Waals surface area (Å²) in [5, 5.41) is 11.2. The number of benzene rings is 3. The van der Waals surface area contributed by atoms with Crippen LogP contribution in [0.3, 0.4) is 0 Å². The number of hydrogen-bond acceptors (Lipinski definition) is 11. The summed E-state index contributed by atoms with van der Waals surface area (Å²) in [6, 6.07) is 16.2. The van der Waals surface area contributed by atoms with Gasteiger partial charge in [-0.25, -0.2) is 28.7 Å². The Labute approximate surface area is 324 Å². The number of pyridine rings is 2. The van der Waals surface area contributed by atoms with E-state index in [1.165, 1.54) is 40.9 Å². The lowest BCUT2D eigenvalue weighted by Gasteiger charge is -2.33. The number of ether oxygens (including phenoxy) is 2. The first kappa shape index (κ1) is 36.2. The minimum atomic E-state index is -0.368. The van der Waals surface area contributed by atoms with Crippen molar-refractivity contribution in [3.8, 4) is 21.4 Å². The lowest BCUT2D eigenvalue weighted by atomic mass is 10.1. The Hall–Kier alpha value is -4.79. The Morgan fingerprint density at radius 1 is 0.741 bits per heavy atom. The van der Waals surface area contributed by atoms with Gasteiger partial charge in [0.05, 0.1) is 54.0 Å². The quantitative estimate of drug-likeness (QED) is 0.177. The highest BCUT2D eigenvalue weighted by Crippen LogP contribution is 2.40. The molecule has 4 aromatic heterocycles. The molecule has 2 saturated heterocycles. The molecule has 0 spiro atoms. The third-order valence-corrected chi connectivity index (χ3v) is 11.6. The maximum Gasteiger partial charge on any atom is 0.149 e. The number of rotatable bonds is 6. The summed E-state index contributed by atoms with van der Waals surface area (Å²) in [6.45, 7) is 10.2. The van der Waals surface area contributed by atoms with Crippen molar-refractivity contribution in [2.24, 2.45) is 0 Å². The normalized spacial score (nSPS) is 14.7. The van der Waals surface area contributed by atoms with Crippen LogP contribution in [0.25, 0.3) is 43.2 Å². The average Bonchev–Trinajstić information content (AvgIpc) is 3.95. The van der Waals surface area contributed by atoms with E-state index in [4.69, 9.17) is 26.1 Å². The van der Waals surface area contributed by atoms with Crippen LogP contribution in [-0.4, -0.2) is 72.5 Å². The number of para-hydroxylation sites is 1. The van der Waals surface area contributed by atoms with Crippen LogP contribution in [0.4, 0.5) is 31.5 Å². The minimum absolute atomic E-state index is 0.290. The second-order valence-corrected chi connectivity index (χ2v) is 15.0. The molecule has 0 unspecified atom stereocenters. The monoisotopic (exact) mass is 783 g/mol. The molecule has 0 radical (unpaired) electrons. The minimum Gasteiger partial charge on any atom is -0.378 e. The predicted molar refractivity (Wildman–Crippen MR) is 216 cm³/mol. The fraction of sp³-hybridized carbons (Fsp3) is 0.250. The molecule has 2 aliphatic rings. The molecule has 7 aromatic rings. The molecule has 0 aliphatic carbocycles. The number of hydrogen-bond donors (Lipinski definition) is 1. The largest absolute Gasteiger partial charge is 0.378 e. The van der Waals surface area contributed by atoms with Gasteiger partial charge < -0.3 is 24.6 Å². The molecule has 54 heavy (non-hydrogen) atoms. The molecule has 0 saturated carbocycles. The fourth-order valence-corrected chi connectivity index (χ4v) is 8.36. The Kier molecular flexibility index (Phi) is 10.7. The summed E-state index contributed by atoms with van der Waals surface area (Å²) in [7, 11) is 0. The van der Waals surface area contributed by atoms with Crippen molar-refractivity contribution in [3.63, 3.8) is 0 Å². The number of halogens is 3. The van der Waals surface area contributed by atoms with Gasteiger partial charge in [-0.15, -0.1) is 22.7 Å². The zero-order chi connectivity index (χ0) is 37.2. The van der Waals surface area contributed by atoms with Crippen molar-refractivity contribution >= 4 is 78.8 Å². The van der Waals surface area contributed by atoms with E-state index in [1.807, 2.05) is 17.7 Å². The van der Waals surface area contributed by atoms with Gasteiger partial charge >= 0.3 is 0 Å². The molecular weight excluding hydrogens is 748 g/mol. The van der Waals surface area contributed by atoms with E-state index in [2.05, 4.69) is 55.2 Å². The van der Waals surface area contributed by atoms with Crippen LogP contribution in [0.2, 0.25) is 5.02 Å². The number of anilines is 4. The van der Waals surface area contributed by atoms with Crippen molar-refractivity contribution in [2.45, 2.75) is 13.8 Å². The van der Waals surface area contributed by atoms with Crippen LogP contribution < -0.4 is 15.1 Å². The lowest BCUT2D eigenvalue weighted by molar-refractivity contribution is 0.122. The smallest absolute Gasteiger partial charge is 0.149 e. The molecule has 1 N–H and O–H groups in total. The first-order valence-electron chi connectivity index (χ1n) is 17.6. The molecule has 0 bridgehead atoms. The second-order valence-electron chi connectivity index (χ2n) is 12.9. The highest BCUT2D eigenvalue weighted by Gasteiger charge is 2.22. The van der Waals surface area contributed by atoms with Gasteiger partial charge in [-0.3, -0.25) is 0 Å². The van der Waals surface area contributed by atoms with Crippen molar-refractivity contribution < 1.29 is 18.3 Å². The Morgan fingerprint density at radius 2 is 1.41 bits per heavy atom. The van der Waals surface area contributed by atoms with E-state index in [-0.39, 0.29) is 11.6 Å². The van der Waals surface area contributed by atoms with E-state index in [9.17, 15) is 8.78 Å². The van der Waals surface area contributed by atoms with E-state index in [0.29, 0.717) is 40.3 Å². The summed E-state index contributed by atoms with van der Waals surface area (Å²) in [6.07, 6.45) is 3.47. The van der Waals surface area contributed by atoms with Gasteiger partial charge in [-0.05, 0) is 55.8 Å². The Morgan fingerprint density at radius 3 is 2.07 bits per heavy atom. The highest BCUT2D eigenvalue weighted by atomic mass is 35.5. The fourth-order valence-electron chi connectivity index (χ4n) is 6.76. The molecule has 14 heteroatoms. The number of aromatic nitrogens is 4. The predicted octanol–water partition coefficient (Wildman–Crippen LogP) is 9.68. The maximum absolute atomic E-state index is 14.2. The molecule has 3 aromatic carbocycles. The van der Waals surface area contributed by atoms with Gasteiger partial charge in [-0.2, -0.15) is 0 Å². The second kappa shape index (κ2) is 15.9. The third kappa shape index (κ3) is 7.34. The van der Waals surface area contributed by atoms with Gasteiger partial charge in [0.15, 0.2) is 0 Å². The number of thiazole rings is 2. The molecule has 0 amide bonds. The number of nitrogens with one attached hydrogen (secondary N) is 1. The molecule has 9 rings (SSSR count). The van der Waals surface area contributed by atoms with E-state index in [1.54, 1.807) is 30.6 Å². The van der Waals surface area contributed by atoms with Crippen molar-refractivity contribution in [1.82, 2.24) is 19.9 Å². The SMILES string of the molecule is Cc1c(-c2nccs2)nc2c(F)cccc2c1Cl.Cc1c(-c2nccs2)nc2cc(F)ccc2c1Nc1cc(N2CCOCC2)ccc1N1CCOCC1. The molecule has 6 heterocycles. The first-order chi connectivity index (χ1) is 26.4. The van der Waals surface area contributed by atoms with Gasteiger partial charge in [0, 0.05) is 77.4 Å². The van der Waals surface area contributed by atoms with Crippen LogP contribution >= 0.6 is 34.3 Å². The molecule has 276 valence electrons. The zero-order valence-electron chi connectivity index (χ0n) is 29.6. The van der Waals surface area contributed by atoms with Crippen LogP contribution in [0.5, 0.6) is 0 Å². The van der Waals surface area contributed by atoms with Crippen LogP contribution in [-0.2, 0) is 9.47 Å². The van der Waals surface area contributed by atoms with Crippen molar-refractivity contribution in [1.29, 1.82) is 0 Å². The number of morpholine rings is 2. The summed E-state index contributed by atoms with van der Waals surface area (Å²) >= 11 is 9.28. The maximum atomic E-state index is 14.2. The molecule has 2 aliphatic heterocycles. The van der Waals surface area contributed by atoms with Gasteiger partial charge in [-0.1, -0.05) is 23.7 Å². The molecular formula is C40H36ClF2N7O2S2. The molecule has 0 atom stereocenters. The summed E-state index contributed by atoms with van der Waals surface area (Å²) in [5.41, 5.74) is 8.31. The van der Waals surface area contributed by atoms with Crippen LogP contribution in [0.1, 0.15) is 11.1 Å². The van der Waals surface area contributed by atoms with Crippen molar-refractivity contribution in [3.05, 3.63) is 106 Å². The van der Waals surface area contributed by atoms with Gasteiger partial charge in [0.25, 0.3) is 0 Å². The van der Waals surface area contributed by atoms with Crippen LogP contribution in [0.15, 0.2) is 77.8 Å². The van der Waals surface area contributed by atoms with Crippen LogP contribution in [0, 0.1) is 25.5 Å². The molecule has 2 fully saturated rings. The average molecular weight is 784 g/mol. The summed E-state index contributed by atoms with van der Waals surface area (Å²) in [5.74, 6) is -0.676. The number of nitrogens with zero attached hydrogens (tertiary/aromatic N) is 6. The third-order valence-electron chi connectivity index (χ3n) is 9.56.